The molecule has 1 aromatic carbocycles. The van der Waals surface area contributed by atoms with Gasteiger partial charge in [0.2, 0.25) is 11.8 Å². The summed E-state index contributed by atoms with van der Waals surface area (Å²) in [6.07, 6.45) is 0.353. The zero-order valence-corrected chi connectivity index (χ0v) is 12.6. The third-order valence-electron chi connectivity index (χ3n) is 3.85. The number of hydrogen-bond acceptors (Lipinski definition) is 2. The van der Waals surface area contributed by atoms with Crippen LogP contribution in [-0.4, -0.2) is 28.8 Å². The molecule has 2 amide bonds. The van der Waals surface area contributed by atoms with E-state index in [1.54, 1.807) is 18.7 Å². The van der Waals surface area contributed by atoms with Crippen molar-refractivity contribution in [2.24, 2.45) is 0 Å². The zero-order valence-electron chi connectivity index (χ0n) is 12.6. The van der Waals surface area contributed by atoms with Gasteiger partial charge >= 0.3 is 0 Å². The summed E-state index contributed by atoms with van der Waals surface area (Å²) in [4.78, 5) is 26.1. The average Bonchev–Trinajstić information content (AvgIpc) is 2.47. The second kappa shape index (κ2) is 5.27. The Hall–Kier alpha value is -1.84. The Balaban J connectivity index is 2.27. The second-order valence-electron chi connectivity index (χ2n) is 6.01. The van der Waals surface area contributed by atoms with E-state index in [4.69, 9.17) is 0 Å². The first-order valence-electron chi connectivity index (χ1n) is 7.00. The molecule has 0 aliphatic carbocycles. The molecule has 0 radical (unpaired) electrons. The minimum Gasteiger partial charge on any atom is -0.342 e. The van der Waals surface area contributed by atoms with E-state index in [1.807, 2.05) is 38.1 Å². The number of rotatable bonds is 2. The fourth-order valence-corrected chi connectivity index (χ4v) is 2.54. The number of carbonyl (C=O) groups excluding carboxylic acids is 2. The SMILES string of the molecule is Cc1ccc(C(C)N2CCC(=O)NC(C)(C)C2=O)cc1. The van der Waals surface area contributed by atoms with Crippen LogP contribution in [0.4, 0.5) is 0 Å². The van der Waals surface area contributed by atoms with Crippen LogP contribution in [0, 0.1) is 6.92 Å². The second-order valence-corrected chi connectivity index (χ2v) is 6.01. The summed E-state index contributed by atoms with van der Waals surface area (Å²) in [7, 11) is 0. The van der Waals surface area contributed by atoms with Crippen LogP contribution in [0.2, 0.25) is 0 Å². The molecule has 1 aliphatic rings. The maximum Gasteiger partial charge on any atom is 0.248 e. The fourth-order valence-electron chi connectivity index (χ4n) is 2.54. The molecular weight excluding hydrogens is 252 g/mol. The summed E-state index contributed by atoms with van der Waals surface area (Å²) < 4.78 is 0. The molecule has 1 N–H and O–H groups in total. The summed E-state index contributed by atoms with van der Waals surface area (Å²) in [5.74, 6) is -0.0987. The lowest BCUT2D eigenvalue weighted by atomic mass is 10.0. The molecule has 1 heterocycles. The third-order valence-corrected chi connectivity index (χ3v) is 3.85. The number of hydrogen-bond donors (Lipinski definition) is 1. The van der Waals surface area contributed by atoms with Crippen LogP contribution in [0.1, 0.15) is 44.4 Å². The van der Waals surface area contributed by atoms with E-state index in [0.717, 1.165) is 5.56 Å². The van der Waals surface area contributed by atoms with E-state index in [-0.39, 0.29) is 17.9 Å². The van der Waals surface area contributed by atoms with Crippen molar-refractivity contribution in [3.05, 3.63) is 35.4 Å². The van der Waals surface area contributed by atoms with Gasteiger partial charge in [0.15, 0.2) is 0 Å². The first kappa shape index (κ1) is 14.6. The van der Waals surface area contributed by atoms with E-state index in [1.165, 1.54) is 5.56 Å². The van der Waals surface area contributed by atoms with Crippen molar-refractivity contribution in [1.82, 2.24) is 10.2 Å². The molecule has 4 nitrogen and oxygen atoms in total. The maximum absolute atomic E-state index is 12.6. The molecule has 1 aromatic rings. The van der Waals surface area contributed by atoms with Crippen LogP contribution in [-0.2, 0) is 9.59 Å². The van der Waals surface area contributed by atoms with E-state index in [2.05, 4.69) is 5.32 Å². The predicted octanol–water partition coefficient (Wildman–Crippen LogP) is 2.18. The Morgan fingerprint density at radius 1 is 1.20 bits per heavy atom. The van der Waals surface area contributed by atoms with E-state index in [9.17, 15) is 9.59 Å². The molecule has 2 rings (SSSR count). The molecule has 1 fully saturated rings. The van der Waals surface area contributed by atoms with Crippen molar-refractivity contribution in [2.45, 2.75) is 45.7 Å². The van der Waals surface area contributed by atoms with Crippen LogP contribution in [0.5, 0.6) is 0 Å². The first-order chi connectivity index (χ1) is 9.31. The molecule has 20 heavy (non-hydrogen) atoms. The number of nitrogens with one attached hydrogen (secondary N) is 1. The van der Waals surface area contributed by atoms with E-state index in [0.29, 0.717) is 13.0 Å². The lowest BCUT2D eigenvalue weighted by molar-refractivity contribution is -0.139. The summed E-state index contributed by atoms with van der Waals surface area (Å²) in [5.41, 5.74) is 1.45. The van der Waals surface area contributed by atoms with Gasteiger partial charge < -0.3 is 10.2 Å². The van der Waals surface area contributed by atoms with E-state index < -0.39 is 5.54 Å². The van der Waals surface area contributed by atoms with Gasteiger partial charge in [0.1, 0.15) is 5.54 Å². The normalized spacial score (nSPS) is 20.3. The highest BCUT2D eigenvalue weighted by atomic mass is 16.2. The highest BCUT2D eigenvalue weighted by molar-refractivity contribution is 5.93. The van der Waals surface area contributed by atoms with Crippen LogP contribution in [0.25, 0.3) is 0 Å². The molecule has 4 heteroatoms. The number of nitrogens with zero attached hydrogens (tertiary/aromatic N) is 1. The Morgan fingerprint density at radius 3 is 2.40 bits per heavy atom. The molecule has 0 spiro atoms. The highest BCUT2D eigenvalue weighted by Crippen LogP contribution is 2.25. The summed E-state index contributed by atoms with van der Waals surface area (Å²) in [6.45, 7) is 8.02. The van der Waals surface area contributed by atoms with Crippen LogP contribution < -0.4 is 5.32 Å². The number of amides is 2. The molecule has 1 saturated heterocycles. The van der Waals surface area contributed by atoms with Gasteiger partial charge in [-0.3, -0.25) is 9.59 Å². The van der Waals surface area contributed by atoms with Gasteiger partial charge in [-0.15, -0.1) is 0 Å². The number of carbonyl (C=O) groups is 2. The Morgan fingerprint density at radius 2 is 1.80 bits per heavy atom. The number of benzene rings is 1. The molecule has 0 bridgehead atoms. The van der Waals surface area contributed by atoms with Gasteiger partial charge in [-0.2, -0.15) is 0 Å². The molecule has 1 atom stereocenters. The van der Waals surface area contributed by atoms with Crippen molar-refractivity contribution in [3.63, 3.8) is 0 Å². The Kier molecular flexibility index (Phi) is 3.84. The average molecular weight is 274 g/mol. The first-order valence-corrected chi connectivity index (χ1v) is 7.00. The van der Waals surface area contributed by atoms with Gasteiger partial charge in [-0.25, -0.2) is 0 Å². The van der Waals surface area contributed by atoms with Crippen LogP contribution in [0.3, 0.4) is 0 Å². The topological polar surface area (TPSA) is 49.4 Å². The molecule has 0 aromatic heterocycles. The fraction of sp³-hybridized carbons (Fsp3) is 0.500. The Labute approximate surface area is 120 Å². The quantitative estimate of drug-likeness (QED) is 0.898. The van der Waals surface area contributed by atoms with Crippen molar-refractivity contribution in [3.8, 4) is 0 Å². The summed E-state index contributed by atoms with van der Waals surface area (Å²) in [6, 6.07) is 8.14. The largest absolute Gasteiger partial charge is 0.342 e. The summed E-state index contributed by atoms with van der Waals surface area (Å²) in [5, 5.41) is 2.78. The third kappa shape index (κ3) is 2.84. The molecule has 108 valence electrons. The minimum atomic E-state index is -0.841. The Bertz CT molecular complexity index is 520. The minimum absolute atomic E-state index is 0.0311. The number of aryl methyl sites for hydroxylation is 1. The van der Waals surface area contributed by atoms with Crippen molar-refractivity contribution in [1.29, 1.82) is 0 Å². The van der Waals surface area contributed by atoms with Gasteiger partial charge in [0.25, 0.3) is 0 Å². The smallest absolute Gasteiger partial charge is 0.248 e. The van der Waals surface area contributed by atoms with Crippen LogP contribution in [0.15, 0.2) is 24.3 Å². The lowest BCUT2D eigenvalue weighted by Crippen LogP contribution is -2.53. The van der Waals surface area contributed by atoms with Gasteiger partial charge in [-0.05, 0) is 33.3 Å². The monoisotopic (exact) mass is 274 g/mol. The lowest BCUT2D eigenvalue weighted by Gasteiger charge is -2.33. The molecule has 1 unspecified atom stereocenters. The van der Waals surface area contributed by atoms with E-state index >= 15 is 0 Å². The maximum atomic E-state index is 12.6. The van der Waals surface area contributed by atoms with Crippen molar-refractivity contribution in [2.75, 3.05) is 6.54 Å². The molecule has 1 aliphatic heterocycles. The highest BCUT2D eigenvalue weighted by Gasteiger charge is 2.38. The summed E-state index contributed by atoms with van der Waals surface area (Å²) >= 11 is 0. The molecular formula is C16H22N2O2. The van der Waals surface area contributed by atoms with Crippen molar-refractivity contribution < 1.29 is 9.59 Å². The van der Waals surface area contributed by atoms with Crippen LogP contribution >= 0.6 is 0 Å². The van der Waals surface area contributed by atoms with Gasteiger partial charge in [-0.1, -0.05) is 29.8 Å². The zero-order chi connectivity index (χ0) is 14.9. The van der Waals surface area contributed by atoms with Crippen molar-refractivity contribution >= 4 is 11.8 Å². The van der Waals surface area contributed by atoms with Gasteiger partial charge in [0, 0.05) is 13.0 Å². The van der Waals surface area contributed by atoms with Gasteiger partial charge in [0.05, 0.1) is 6.04 Å². The predicted molar refractivity (Wildman–Crippen MR) is 78.1 cm³/mol. The molecule has 0 saturated carbocycles. The standard InChI is InChI=1S/C16H22N2O2/c1-11-5-7-13(8-6-11)12(2)18-10-9-14(19)17-16(3,4)15(18)20/h5-8,12H,9-10H2,1-4H3,(H,17,19).